The van der Waals surface area contributed by atoms with E-state index in [9.17, 15) is 0 Å². The van der Waals surface area contributed by atoms with Crippen molar-refractivity contribution in [3.63, 3.8) is 0 Å². The van der Waals surface area contributed by atoms with Crippen LogP contribution in [0, 0.1) is 11.3 Å². The SMILES string of the molecule is N#Cc1sc(Br)nc1CBr. The number of thiazole rings is 1. The minimum Gasteiger partial charge on any atom is -0.232 e. The first kappa shape index (κ1) is 8.18. The van der Waals surface area contributed by atoms with Gasteiger partial charge in [0.25, 0.3) is 0 Å². The average Bonchev–Trinajstić information content (AvgIpc) is 2.30. The standard InChI is InChI=1S/C5H2Br2N2S/c6-1-3-4(2-8)10-5(7)9-3/h1H2. The highest BCUT2D eigenvalue weighted by Crippen LogP contribution is 2.23. The van der Waals surface area contributed by atoms with Crippen LogP contribution in [-0.2, 0) is 5.33 Å². The zero-order valence-corrected chi connectivity index (χ0v) is 8.75. The Morgan fingerprint density at radius 1 is 1.70 bits per heavy atom. The molecular formula is C5H2Br2N2S. The number of aromatic nitrogens is 1. The number of hydrogen-bond acceptors (Lipinski definition) is 3. The summed E-state index contributed by atoms with van der Waals surface area (Å²) in [6.07, 6.45) is 0. The highest BCUT2D eigenvalue weighted by molar-refractivity contribution is 9.11. The lowest BCUT2D eigenvalue weighted by Gasteiger charge is -1.82. The maximum atomic E-state index is 8.54. The molecule has 1 rings (SSSR count). The fourth-order valence-electron chi connectivity index (χ4n) is 0.501. The molecule has 0 bridgehead atoms. The molecule has 0 aliphatic heterocycles. The van der Waals surface area contributed by atoms with E-state index in [0.29, 0.717) is 10.2 Å². The van der Waals surface area contributed by atoms with Gasteiger partial charge in [-0.25, -0.2) is 4.98 Å². The summed E-state index contributed by atoms with van der Waals surface area (Å²) in [5.41, 5.74) is 0.805. The molecule has 0 fully saturated rings. The van der Waals surface area contributed by atoms with Crippen LogP contribution >= 0.6 is 43.2 Å². The van der Waals surface area contributed by atoms with Crippen LogP contribution in [0.3, 0.4) is 0 Å². The van der Waals surface area contributed by atoms with Gasteiger partial charge < -0.3 is 0 Å². The number of nitrogens with zero attached hydrogens (tertiary/aromatic N) is 2. The first-order chi connectivity index (χ1) is 4.77. The number of alkyl halides is 1. The smallest absolute Gasteiger partial charge is 0.160 e. The van der Waals surface area contributed by atoms with E-state index in [4.69, 9.17) is 5.26 Å². The molecule has 0 aliphatic carbocycles. The Kier molecular flexibility index (Phi) is 2.83. The number of hydrogen-bond donors (Lipinski definition) is 0. The Morgan fingerprint density at radius 3 is 2.80 bits per heavy atom. The highest BCUT2D eigenvalue weighted by atomic mass is 79.9. The fourth-order valence-corrected chi connectivity index (χ4v) is 2.40. The Morgan fingerprint density at radius 2 is 2.40 bits per heavy atom. The van der Waals surface area contributed by atoms with Gasteiger partial charge >= 0.3 is 0 Å². The van der Waals surface area contributed by atoms with Crippen LogP contribution in [0.2, 0.25) is 0 Å². The van der Waals surface area contributed by atoms with Crippen molar-refractivity contribution >= 4 is 43.2 Å². The first-order valence-corrected chi connectivity index (χ1v) is 5.12. The number of nitriles is 1. The Bertz CT molecular complexity index is 276. The van der Waals surface area contributed by atoms with Gasteiger partial charge in [0.1, 0.15) is 10.9 Å². The summed E-state index contributed by atoms with van der Waals surface area (Å²) in [6.45, 7) is 0. The van der Waals surface area contributed by atoms with Crippen molar-refractivity contribution in [2.45, 2.75) is 5.33 Å². The monoisotopic (exact) mass is 280 g/mol. The molecule has 0 unspecified atom stereocenters. The zero-order valence-electron chi connectivity index (χ0n) is 4.77. The van der Waals surface area contributed by atoms with E-state index in [1.165, 1.54) is 11.3 Å². The van der Waals surface area contributed by atoms with E-state index in [-0.39, 0.29) is 0 Å². The second-order valence-corrected chi connectivity index (χ2v) is 4.32. The van der Waals surface area contributed by atoms with Crippen LogP contribution < -0.4 is 0 Å². The van der Waals surface area contributed by atoms with E-state index in [0.717, 1.165) is 9.61 Å². The van der Waals surface area contributed by atoms with Crippen LogP contribution in [-0.4, -0.2) is 4.98 Å². The molecule has 0 atom stereocenters. The quantitative estimate of drug-likeness (QED) is 0.742. The normalized spacial score (nSPS) is 9.30. The minimum absolute atomic E-state index is 0.637. The Balaban J connectivity index is 3.12. The molecule has 0 amide bonds. The molecule has 0 radical (unpaired) electrons. The summed E-state index contributed by atoms with van der Waals surface area (Å²) in [5.74, 6) is 0. The lowest BCUT2D eigenvalue weighted by atomic mass is 10.4. The van der Waals surface area contributed by atoms with Gasteiger partial charge in [0, 0.05) is 5.33 Å². The number of halogens is 2. The maximum Gasteiger partial charge on any atom is 0.160 e. The van der Waals surface area contributed by atoms with Crippen LogP contribution in [0.25, 0.3) is 0 Å². The van der Waals surface area contributed by atoms with E-state index in [1.54, 1.807) is 0 Å². The number of rotatable bonds is 1. The van der Waals surface area contributed by atoms with Crippen molar-refractivity contribution in [3.8, 4) is 6.07 Å². The molecule has 0 N–H and O–H groups in total. The fraction of sp³-hybridized carbons (Fsp3) is 0.200. The van der Waals surface area contributed by atoms with Gasteiger partial charge in [0.05, 0.1) is 5.69 Å². The van der Waals surface area contributed by atoms with Gasteiger partial charge in [-0.15, -0.1) is 0 Å². The molecule has 0 saturated carbocycles. The Labute approximate surface area is 79.1 Å². The molecule has 1 heterocycles. The Hall–Kier alpha value is 0.0800. The predicted molar refractivity (Wildman–Crippen MR) is 47.2 cm³/mol. The summed E-state index contributed by atoms with van der Waals surface area (Å²) < 4.78 is 0.763. The average molecular weight is 282 g/mol. The van der Waals surface area contributed by atoms with E-state index in [1.807, 2.05) is 0 Å². The van der Waals surface area contributed by atoms with Gasteiger partial charge in [-0.2, -0.15) is 5.26 Å². The maximum absolute atomic E-state index is 8.54. The summed E-state index contributed by atoms with van der Waals surface area (Å²) >= 11 is 7.79. The second-order valence-electron chi connectivity index (χ2n) is 1.49. The highest BCUT2D eigenvalue weighted by Gasteiger charge is 2.06. The lowest BCUT2D eigenvalue weighted by molar-refractivity contribution is 1.21. The van der Waals surface area contributed by atoms with Crippen molar-refractivity contribution in [1.29, 1.82) is 5.26 Å². The third-order valence-electron chi connectivity index (χ3n) is 0.899. The molecule has 0 aromatic carbocycles. The minimum atomic E-state index is 0.637. The van der Waals surface area contributed by atoms with Crippen molar-refractivity contribution < 1.29 is 0 Å². The first-order valence-electron chi connectivity index (χ1n) is 2.39. The van der Waals surface area contributed by atoms with Gasteiger partial charge in [-0.05, 0) is 15.9 Å². The summed E-state index contributed by atoms with van der Waals surface area (Å²) in [4.78, 5) is 4.74. The summed E-state index contributed by atoms with van der Waals surface area (Å²) in [7, 11) is 0. The molecule has 0 saturated heterocycles. The molecular weight excluding hydrogens is 280 g/mol. The molecule has 2 nitrogen and oxygen atoms in total. The zero-order chi connectivity index (χ0) is 7.56. The molecule has 1 aromatic rings. The molecule has 52 valence electrons. The topological polar surface area (TPSA) is 36.7 Å². The molecule has 0 spiro atoms. The van der Waals surface area contributed by atoms with Gasteiger partial charge in [-0.3, -0.25) is 0 Å². The van der Waals surface area contributed by atoms with Crippen LogP contribution in [0.5, 0.6) is 0 Å². The lowest BCUT2D eigenvalue weighted by Crippen LogP contribution is -1.78. The largest absolute Gasteiger partial charge is 0.232 e. The van der Waals surface area contributed by atoms with E-state index < -0.39 is 0 Å². The van der Waals surface area contributed by atoms with Gasteiger partial charge in [0.2, 0.25) is 0 Å². The third-order valence-corrected chi connectivity index (χ3v) is 2.88. The summed E-state index contributed by atoms with van der Waals surface area (Å²) in [5, 5.41) is 9.18. The van der Waals surface area contributed by atoms with Crippen molar-refractivity contribution in [2.24, 2.45) is 0 Å². The van der Waals surface area contributed by atoms with E-state index >= 15 is 0 Å². The van der Waals surface area contributed by atoms with Crippen molar-refractivity contribution in [1.82, 2.24) is 4.98 Å². The van der Waals surface area contributed by atoms with Gasteiger partial charge in [-0.1, -0.05) is 27.3 Å². The second kappa shape index (κ2) is 3.46. The van der Waals surface area contributed by atoms with Crippen LogP contribution in [0.15, 0.2) is 3.92 Å². The van der Waals surface area contributed by atoms with Crippen molar-refractivity contribution in [2.75, 3.05) is 0 Å². The van der Waals surface area contributed by atoms with Crippen LogP contribution in [0.1, 0.15) is 10.6 Å². The molecule has 10 heavy (non-hydrogen) atoms. The van der Waals surface area contributed by atoms with Crippen molar-refractivity contribution in [3.05, 3.63) is 14.5 Å². The van der Waals surface area contributed by atoms with E-state index in [2.05, 4.69) is 42.9 Å². The molecule has 0 aliphatic rings. The summed E-state index contributed by atoms with van der Waals surface area (Å²) in [6, 6.07) is 2.06. The molecule has 5 heteroatoms. The third kappa shape index (κ3) is 1.57. The van der Waals surface area contributed by atoms with Gasteiger partial charge in [0.15, 0.2) is 3.92 Å². The molecule has 1 aromatic heterocycles. The predicted octanol–water partition coefficient (Wildman–Crippen LogP) is 2.67. The van der Waals surface area contributed by atoms with Crippen LogP contribution in [0.4, 0.5) is 0 Å².